The number of nitrogens with one attached hydrogen (secondary N) is 1. The number of ether oxygens (including phenoxy) is 2. The van der Waals surface area contributed by atoms with Crippen molar-refractivity contribution in [3.05, 3.63) is 11.8 Å². The van der Waals surface area contributed by atoms with Crippen molar-refractivity contribution in [1.29, 1.82) is 0 Å². The van der Waals surface area contributed by atoms with Crippen molar-refractivity contribution in [2.24, 2.45) is 5.73 Å². The first-order valence-corrected chi connectivity index (χ1v) is 5.14. The van der Waals surface area contributed by atoms with E-state index in [1.807, 2.05) is 0 Å². The highest BCUT2D eigenvalue weighted by molar-refractivity contribution is 6.15. The van der Waals surface area contributed by atoms with E-state index in [9.17, 15) is 9.59 Å². The highest BCUT2D eigenvalue weighted by Crippen LogP contribution is 2.21. The van der Waals surface area contributed by atoms with Gasteiger partial charge >= 0.3 is 11.9 Å². The lowest BCUT2D eigenvalue weighted by Crippen LogP contribution is -2.42. The van der Waals surface area contributed by atoms with Gasteiger partial charge in [0.05, 0.1) is 6.10 Å². The third-order valence-corrected chi connectivity index (χ3v) is 1.99. The maximum atomic E-state index is 11.4. The zero-order valence-corrected chi connectivity index (χ0v) is 9.73. The molecule has 0 aromatic carbocycles. The van der Waals surface area contributed by atoms with Crippen molar-refractivity contribution in [2.75, 3.05) is 13.1 Å². The normalized spacial score (nSPS) is 20.4. The zero-order valence-electron chi connectivity index (χ0n) is 9.73. The molecule has 1 aliphatic rings. The molecule has 0 radical (unpaired) electrons. The number of hydrogen-bond donors (Lipinski definition) is 3. The van der Waals surface area contributed by atoms with Gasteiger partial charge in [-0.15, -0.1) is 0 Å². The molecule has 0 saturated carbocycles. The number of cyclic esters (lactones) is 2. The number of rotatable bonds is 4. The Kier molecular flexibility index (Phi) is 4.08. The Morgan fingerprint density at radius 3 is 2.41 bits per heavy atom. The lowest BCUT2D eigenvalue weighted by molar-refractivity contribution is -0.222. The fourth-order valence-electron chi connectivity index (χ4n) is 1.16. The predicted octanol–water partition coefficient (Wildman–Crippen LogP) is -1.38. The largest absolute Gasteiger partial charge is 0.419 e. The molecule has 1 unspecified atom stereocenters. The second-order valence-electron chi connectivity index (χ2n) is 4.03. The van der Waals surface area contributed by atoms with Crippen LogP contribution in [0.15, 0.2) is 11.8 Å². The molecule has 1 saturated heterocycles. The second kappa shape index (κ2) is 5.15. The first-order valence-electron chi connectivity index (χ1n) is 5.14. The lowest BCUT2D eigenvalue weighted by Gasteiger charge is -2.29. The molecule has 1 rings (SSSR count). The van der Waals surface area contributed by atoms with Crippen LogP contribution >= 0.6 is 0 Å². The van der Waals surface area contributed by atoms with Crippen LogP contribution in [0.5, 0.6) is 0 Å². The number of aliphatic hydroxyl groups is 1. The maximum Gasteiger partial charge on any atom is 0.350 e. The first-order chi connectivity index (χ1) is 7.85. The molecule has 7 heteroatoms. The van der Waals surface area contributed by atoms with Crippen LogP contribution < -0.4 is 11.1 Å². The van der Waals surface area contributed by atoms with E-state index in [0.717, 1.165) is 6.20 Å². The van der Waals surface area contributed by atoms with Crippen LogP contribution in [0.25, 0.3) is 0 Å². The number of hydrogen-bond acceptors (Lipinski definition) is 7. The molecule has 1 fully saturated rings. The van der Waals surface area contributed by atoms with E-state index in [2.05, 4.69) is 5.32 Å². The quantitative estimate of drug-likeness (QED) is 0.317. The third-order valence-electron chi connectivity index (χ3n) is 1.99. The number of nitrogens with two attached hydrogens (primary N) is 1. The standard InChI is InChI=1S/C10H16N2O5/c1-10(2)16-8(14)7(9(15)17-10)5-12-4-6(13)3-11/h5-6,12-13H,3-4,11H2,1-2H3. The smallest absolute Gasteiger partial charge is 0.350 e. The summed E-state index contributed by atoms with van der Waals surface area (Å²) in [5, 5.41) is 11.8. The van der Waals surface area contributed by atoms with Gasteiger partial charge < -0.3 is 25.6 Å². The van der Waals surface area contributed by atoms with E-state index in [4.69, 9.17) is 20.3 Å². The monoisotopic (exact) mass is 244 g/mol. The van der Waals surface area contributed by atoms with Crippen molar-refractivity contribution in [1.82, 2.24) is 5.32 Å². The number of carbonyl (C=O) groups excluding carboxylic acids is 2. The highest BCUT2D eigenvalue weighted by Gasteiger charge is 2.38. The number of carbonyl (C=O) groups is 2. The van der Waals surface area contributed by atoms with Gasteiger partial charge in [-0.05, 0) is 0 Å². The van der Waals surface area contributed by atoms with E-state index in [-0.39, 0.29) is 18.7 Å². The van der Waals surface area contributed by atoms with Gasteiger partial charge in [-0.2, -0.15) is 0 Å². The van der Waals surface area contributed by atoms with Gasteiger partial charge in [-0.3, -0.25) is 0 Å². The molecule has 1 aliphatic heterocycles. The molecular weight excluding hydrogens is 228 g/mol. The minimum Gasteiger partial charge on any atom is -0.419 e. The van der Waals surface area contributed by atoms with Crippen molar-refractivity contribution < 1.29 is 24.2 Å². The summed E-state index contributed by atoms with van der Waals surface area (Å²) in [6, 6.07) is 0. The van der Waals surface area contributed by atoms with Crippen molar-refractivity contribution in [3.63, 3.8) is 0 Å². The van der Waals surface area contributed by atoms with Crippen LogP contribution in [-0.4, -0.2) is 42.0 Å². The van der Waals surface area contributed by atoms with E-state index in [1.165, 1.54) is 13.8 Å². The Hall–Kier alpha value is -1.60. The molecule has 1 heterocycles. The molecule has 0 bridgehead atoms. The van der Waals surface area contributed by atoms with Crippen LogP contribution in [0.1, 0.15) is 13.8 Å². The van der Waals surface area contributed by atoms with Gasteiger partial charge in [0.1, 0.15) is 0 Å². The highest BCUT2D eigenvalue weighted by atomic mass is 16.7. The molecule has 96 valence electrons. The van der Waals surface area contributed by atoms with E-state index in [0.29, 0.717) is 0 Å². The Balaban J connectivity index is 2.62. The van der Waals surface area contributed by atoms with E-state index >= 15 is 0 Å². The molecule has 0 amide bonds. The van der Waals surface area contributed by atoms with Crippen LogP contribution in [0.3, 0.4) is 0 Å². The minimum atomic E-state index is -1.25. The summed E-state index contributed by atoms with van der Waals surface area (Å²) in [6.07, 6.45) is 0.401. The summed E-state index contributed by atoms with van der Waals surface area (Å²) in [7, 11) is 0. The third kappa shape index (κ3) is 3.72. The van der Waals surface area contributed by atoms with Gasteiger partial charge in [-0.1, -0.05) is 0 Å². The predicted molar refractivity (Wildman–Crippen MR) is 57.4 cm³/mol. The SMILES string of the molecule is CC1(C)OC(=O)C(=CNCC(O)CN)C(=O)O1. The molecule has 1 atom stereocenters. The summed E-state index contributed by atoms with van der Waals surface area (Å²) < 4.78 is 9.73. The Labute approximate surface area is 98.6 Å². The van der Waals surface area contributed by atoms with Crippen LogP contribution in [0.4, 0.5) is 0 Å². The second-order valence-corrected chi connectivity index (χ2v) is 4.03. The van der Waals surface area contributed by atoms with Crippen LogP contribution in [0.2, 0.25) is 0 Å². The number of aliphatic hydroxyl groups excluding tert-OH is 1. The van der Waals surface area contributed by atoms with Gasteiger partial charge in [0.15, 0.2) is 5.57 Å². The molecule has 0 aromatic rings. The Morgan fingerprint density at radius 2 is 1.94 bits per heavy atom. The average Bonchev–Trinajstić information content (AvgIpc) is 2.20. The Morgan fingerprint density at radius 1 is 1.41 bits per heavy atom. The fraction of sp³-hybridized carbons (Fsp3) is 0.600. The molecule has 4 N–H and O–H groups in total. The van der Waals surface area contributed by atoms with Crippen molar-refractivity contribution in [2.45, 2.75) is 25.7 Å². The van der Waals surface area contributed by atoms with Crippen molar-refractivity contribution >= 4 is 11.9 Å². The molecular formula is C10H16N2O5. The van der Waals surface area contributed by atoms with Gasteiger partial charge in [0.25, 0.3) is 5.79 Å². The molecule has 17 heavy (non-hydrogen) atoms. The molecule has 0 aliphatic carbocycles. The fourth-order valence-corrected chi connectivity index (χ4v) is 1.16. The summed E-state index contributed by atoms with van der Waals surface area (Å²) >= 11 is 0. The molecule has 0 aromatic heterocycles. The number of esters is 2. The lowest BCUT2D eigenvalue weighted by atomic mass is 10.2. The van der Waals surface area contributed by atoms with Crippen molar-refractivity contribution in [3.8, 4) is 0 Å². The van der Waals surface area contributed by atoms with Crippen LogP contribution in [0, 0.1) is 0 Å². The molecule has 0 spiro atoms. The maximum absolute atomic E-state index is 11.4. The zero-order chi connectivity index (χ0) is 13.1. The summed E-state index contributed by atoms with van der Waals surface area (Å²) in [5.41, 5.74) is 4.95. The summed E-state index contributed by atoms with van der Waals surface area (Å²) in [4.78, 5) is 22.9. The summed E-state index contributed by atoms with van der Waals surface area (Å²) in [6.45, 7) is 3.14. The van der Waals surface area contributed by atoms with Gasteiger partial charge in [0, 0.05) is 33.1 Å². The van der Waals surface area contributed by atoms with E-state index in [1.54, 1.807) is 0 Å². The van der Waals surface area contributed by atoms with Gasteiger partial charge in [-0.25, -0.2) is 9.59 Å². The average molecular weight is 244 g/mol. The Bertz CT molecular complexity index is 329. The molecule has 7 nitrogen and oxygen atoms in total. The first kappa shape index (κ1) is 13.5. The minimum absolute atomic E-state index is 0.0814. The topological polar surface area (TPSA) is 111 Å². The van der Waals surface area contributed by atoms with Gasteiger partial charge in [0.2, 0.25) is 0 Å². The summed E-state index contributed by atoms with van der Waals surface area (Å²) in [5.74, 6) is -2.77. The van der Waals surface area contributed by atoms with E-state index < -0.39 is 23.8 Å². The van der Waals surface area contributed by atoms with Crippen LogP contribution in [-0.2, 0) is 19.1 Å².